The molecule has 0 amide bonds. The van der Waals surface area contributed by atoms with E-state index in [1.807, 2.05) is 6.07 Å². The third-order valence-electron chi connectivity index (χ3n) is 3.69. The van der Waals surface area contributed by atoms with Gasteiger partial charge in [-0.1, -0.05) is 32.6 Å². The molecule has 1 aromatic heterocycles. The van der Waals surface area contributed by atoms with Gasteiger partial charge in [0.05, 0.1) is 12.0 Å². The molecule has 102 valence electrons. The second-order valence-electron chi connectivity index (χ2n) is 5.08. The summed E-state index contributed by atoms with van der Waals surface area (Å²) in [5.41, 5.74) is 0. The summed E-state index contributed by atoms with van der Waals surface area (Å²) in [4.78, 5) is 0. The zero-order valence-electron chi connectivity index (χ0n) is 11.4. The first-order chi connectivity index (χ1) is 8.90. The highest BCUT2D eigenvalue weighted by molar-refractivity contribution is 7.99. The summed E-state index contributed by atoms with van der Waals surface area (Å²) in [6.45, 7) is 3.30. The fourth-order valence-electron chi connectivity index (χ4n) is 2.73. The third kappa shape index (κ3) is 4.36. The van der Waals surface area contributed by atoms with E-state index in [0.29, 0.717) is 6.04 Å². The van der Waals surface area contributed by atoms with Gasteiger partial charge in [0.1, 0.15) is 5.76 Å². The van der Waals surface area contributed by atoms with Gasteiger partial charge < -0.3 is 9.73 Å². The van der Waals surface area contributed by atoms with Crippen LogP contribution in [-0.2, 0) is 5.75 Å². The summed E-state index contributed by atoms with van der Waals surface area (Å²) in [7, 11) is 0. The summed E-state index contributed by atoms with van der Waals surface area (Å²) in [5.74, 6) is 2.12. The van der Waals surface area contributed by atoms with E-state index in [4.69, 9.17) is 4.42 Å². The van der Waals surface area contributed by atoms with E-state index in [1.165, 1.54) is 38.5 Å². The Hall–Kier alpha value is -0.410. The Morgan fingerprint density at radius 3 is 2.83 bits per heavy atom. The fraction of sp³-hybridized carbons (Fsp3) is 0.733. The van der Waals surface area contributed by atoms with Crippen LogP contribution < -0.4 is 5.32 Å². The van der Waals surface area contributed by atoms with Crippen LogP contribution in [-0.4, -0.2) is 17.8 Å². The molecule has 1 saturated carbocycles. The van der Waals surface area contributed by atoms with Gasteiger partial charge in [-0.05, 0) is 31.5 Å². The summed E-state index contributed by atoms with van der Waals surface area (Å²) in [5, 5.41) is 4.43. The van der Waals surface area contributed by atoms with Crippen LogP contribution in [0.2, 0.25) is 0 Å². The maximum atomic E-state index is 5.43. The lowest BCUT2D eigenvalue weighted by molar-refractivity contribution is 0.405. The van der Waals surface area contributed by atoms with Gasteiger partial charge in [0.2, 0.25) is 0 Å². The standard InChI is InChI=1S/C15H25NOS/c1-2-16-14-9-5-3-4-6-10-15(14)18-12-13-8-7-11-17-13/h7-8,11,14-16H,2-6,9-10,12H2,1H3. The Balaban J connectivity index is 1.87. The number of hydrogen-bond donors (Lipinski definition) is 1. The summed E-state index contributed by atoms with van der Waals surface area (Å²) in [6.07, 6.45) is 10.1. The lowest BCUT2D eigenvalue weighted by Crippen LogP contribution is -2.38. The zero-order chi connectivity index (χ0) is 12.6. The quantitative estimate of drug-likeness (QED) is 0.865. The molecular formula is C15H25NOS. The van der Waals surface area contributed by atoms with Gasteiger partial charge in [0, 0.05) is 11.3 Å². The van der Waals surface area contributed by atoms with E-state index >= 15 is 0 Å². The first-order valence-corrected chi connectivity index (χ1v) is 8.32. The monoisotopic (exact) mass is 267 g/mol. The number of rotatable bonds is 5. The van der Waals surface area contributed by atoms with Crippen molar-refractivity contribution in [2.75, 3.05) is 6.54 Å². The van der Waals surface area contributed by atoms with Crippen LogP contribution in [0.15, 0.2) is 22.8 Å². The van der Waals surface area contributed by atoms with Crippen molar-refractivity contribution in [3.05, 3.63) is 24.2 Å². The van der Waals surface area contributed by atoms with Crippen LogP contribution in [0.3, 0.4) is 0 Å². The predicted molar refractivity (Wildman–Crippen MR) is 79.0 cm³/mol. The van der Waals surface area contributed by atoms with Crippen molar-refractivity contribution in [2.24, 2.45) is 0 Å². The Bertz CT molecular complexity index is 312. The van der Waals surface area contributed by atoms with E-state index in [9.17, 15) is 0 Å². The molecule has 1 aliphatic rings. The molecule has 0 aromatic carbocycles. The van der Waals surface area contributed by atoms with Gasteiger partial charge in [-0.25, -0.2) is 0 Å². The third-order valence-corrected chi connectivity index (χ3v) is 5.13. The van der Waals surface area contributed by atoms with Gasteiger partial charge in [-0.2, -0.15) is 0 Å². The van der Waals surface area contributed by atoms with Crippen molar-refractivity contribution < 1.29 is 4.42 Å². The smallest absolute Gasteiger partial charge is 0.113 e. The SMILES string of the molecule is CCNC1CCCCCCC1SCc1ccco1. The molecule has 1 N–H and O–H groups in total. The summed E-state index contributed by atoms with van der Waals surface area (Å²) in [6, 6.07) is 4.75. The van der Waals surface area contributed by atoms with Crippen LogP contribution in [0, 0.1) is 0 Å². The van der Waals surface area contributed by atoms with E-state index in [2.05, 4.69) is 30.1 Å². The number of furan rings is 1. The Morgan fingerprint density at radius 2 is 2.11 bits per heavy atom. The molecule has 0 bridgehead atoms. The number of nitrogens with one attached hydrogen (secondary N) is 1. The van der Waals surface area contributed by atoms with E-state index in [-0.39, 0.29) is 0 Å². The average Bonchev–Trinajstić information content (AvgIpc) is 2.85. The van der Waals surface area contributed by atoms with Crippen LogP contribution >= 0.6 is 11.8 Å². The maximum absolute atomic E-state index is 5.43. The van der Waals surface area contributed by atoms with Crippen LogP contribution in [0.5, 0.6) is 0 Å². The van der Waals surface area contributed by atoms with Crippen LogP contribution in [0.4, 0.5) is 0 Å². The molecule has 0 saturated heterocycles. The molecule has 0 radical (unpaired) electrons. The fourth-order valence-corrected chi connectivity index (χ4v) is 4.07. The molecular weight excluding hydrogens is 242 g/mol. The van der Waals surface area contributed by atoms with Gasteiger partial charge >= 0.3 is 0 Å². The minimum absolute atomic E-state index is 0.690. The summed E-state index contributed by atoms with van der Waals surface area (Å²) < 4.78 is 5.43. The number of thioether (sulfide) groups is 1. The van der Waals surface area contributed by atoms with Crippen molar-refractivity contribution in [1.82, 2.24) is 5.32 Å². The normalized spacial score (nSPS) is 25.6. The topological polar surface area (TPSA) is 25.2 Å². The van der Waals surface area contributed by atoms with Crippen molar-refractivity contribution in [2.45, 2.75) is 62.5 Å². The lowest BCUT2D eigenvalue weighted by Gasteiger charge is -2.29. The molecule has 1 aliphatic carbocycles. The second kappa shape index (κ2) is 7.90. The molecule has 2 nitrogen and oxygen atoms in total. The van der Waals surface area contributed by atoms with E-state index < -0.39 is 0 Å². The molecule has 2 rings (SSSR count). The molecule has 2 atom stereocenters. The minimum Gasteiger partial charge on any atom is -0.468 e. The average molecular weight is 267 g/mol. The van der Waals surface area contributed by atoms with E-state index in [1.54, 1.807) is 6.26 Å². The molecule has 1 aromatic rings. The molecule has 0 spiro atoms. The van der Waals surface area contributed by atoms with Gasteiger partial charge in [-0.3, -0.25) is 0 Å². The number of hydrogen-bond acceptors (Lipinski definition) is 3. The highest BCUT2D eigenvalue weighted by Crippen LogP contribution is 2.29. The molecule has 18 heavy (non-hydrogen) atoms. The molecule has 3 heteroatoms. The first kappa shape index (κ1) is 14.0. The molecule has 2 unspecified atom stereocenters. The molecule has 1 fully saturated rings. The first-order valence-electron chi connectivity index (χ1n) is 7.27. The van der Waals surface area contributed by atoms with Gasteiger partial charge in [0.25, 0.3) is 0 Å². The minimum atomic E-state index is 0.690. The van der Waals surface area contributed by atoms with E-state index in [0.717, 1.165) is 23.3 Å². The Labute approximate surface area is 115 Å². The van der Waals surface area contributed by atoms with Crippen molar-refractivity contribution in [3.8, 4) is 0 Å². The van der Waals surface area contributed by atoms with Gasteiger partial charge in [-0.15, -0.1) is 11.8 Å². The van der Waals surface area contributed by atoms with Crippen LogP contribution in [0.1, 0.15) is 51.2 Å². The molecule has 1 heterocycles. The zero-order valence-corrected chi connectivity index (χ0v) is 12.2. The summed E-state index contributed by atoms with van der Waals surface area (Å²) >= 11 is 2.07. The Morgan fingerprint density at radius 1 is 1.28 bits per heavy atom. The molecule has 0 aliphatic heterocycles. The lowest BCUT2D eigenvalue weighted by atomic mass is 9.96. The van der Waals surface area contributed by atoms with Crippen LogP contribution in [0.25, 0.3) is 0 Å². The van der Waals surface area contributed by atoms with Gasteiger partial charge in [0.15, 0.2) is 0 Å². The largest absolute Gasteiger partial charge is 0.468 e. The second-order valence-corrected chi connectivity index (χ2v) is 6.31. The van der Waals surface area contributed by atoms with Crippen molar-refractivity contribution >= 4 is 11.8 Å². The predicted octanol–water partition coefficient (Wildman–Crippen LogP) is 4.21. The van der Waals surface area contributed by atoms with Crippen molar-refractivity contribution in [3.63, 3.8) is 0 Å². The highest BCUT2D eigenvalue weighted by atomic mass is 32.2. The van der Waals surface area contributed by atoms with Crippen molar-refractivity contribution in [1.29, 1.82) is 0 Å². The highest BCUT2D eigenvalue weighted by Gasteiger charge is 2.22. The Kier molecular flexibility index (Phi) is 6.15. The maximum Gasteiger partial charge on any atom is 0.113 e.